The first-order valence-electron chi connectivity index (χ1n) is 9.00. The lowest BCUT2D eigenvalue weighted by molar-refractivity contribution is -0.129. The fraction of sp³-hybridized carbons (Fsp3) is 0.474. The minimum atomic E-state index is -0.0546. The molecule has 0 aliphatic carbocycles. The van der Waals surface area contributed by atoms with E-state index in [1.165, 1.54) is 11.3 Å². The zero-order chi connectivity index (χ0) is 18.3. The summed E-state index contributed by atoms with van der Waals surface area (Å²) in [7, 11) is 0. The molecular formula is C19H22N4O2S. The first kappa shape index (κ1) is 17.1. The molecular weight excluding hydrogens is 348 g/mol. The number of amides is 2. The first-order valence-corrected chi connectivity index (χ1v) is 9.82. The van der Waals surface area contributed by atoms with Crippen molar-refractivity contribution in [3.8, 4) is 0 Å². The van der Waals surface area contributed by atoms with Gasteiger partial charge in [-0.1, -0.05) is 0 Å². The molecule has 0 N–H and O–H groups in total. The van der Waals surface area contributed by atoms with Crippen LogP contribution in [-0.4, -0.2) is 44.7 Å². The van der Waals surface area contributed by atoms with E-state index in [-0.39, 0.29) is 17.9 Å². The monoisotopic (exact) mass is 370 g/mol. The Morgan fingerprint density at radius 3 is 2.85 bits per heavy atom. The molecule has 0 unspecified atom stereocenters. The zero-order valence-electron chi connectivity index (χ0n) is 15.1. The van der Waals surface area contributed by atoms with Gasteiger partial charge in [-0.3, -0.25) is 9.59 Å². The number of hydrogen-bond acceptors (Lipinski definition) is 5. The molecule has 4 heterocycles. The van der Waals surface area contributed by atoms with Crippen LogP contribution in [0.5, 0.6) is 0 Å². The van der Waals surface area contributed by atoms with E-state index in [4.69, 9.17) is 4.98 Å². The third-order valence-electron chi connectivity index (χ3n) is 5.16. The van der Waals surface area contributed by atoms with E-state index in [1.54, 1.807) is 6.92 Å². The van der Waals surface area contributed by atoms with E-state index < -0.39 is 0 Å². The van der Waals surface area contributed by atoms with Crippen LogP contribution in [0.2, 0.25) is 0 Å². The lowest BCUT2D eigenvalue weighted by Gasteiger charge is -2.28. The van der Waals surface area contributed by atoms with Gasteiger partial charge in [0, 0.05) is 49.6 Å². The number of likely N-dealkylation sites (tertiary alicyclic amines) is 1. The van der Waals surface area contributed by atoms with Crippen LogP contribution >= 0.6 is 11.3 Å². The van der Waals surface area contributed by atoms with Crippen LogP contribution in [0, 0.1) is 6.92 Å². The second-order valence-corrected chi connectivity index (χ2v) is 8.25. The Morgan fingerprint density at radius 1 is 1.27 bits per heavy atom. The van der Waals surface area contributed by atoms with Gasteiger partial charge in [0.2, 0.25) is 5.91 Å². The highest BCUT2D eigenvalue weighted by Gasteiger charge is 2.33. The fourth-order valence-electron chi connectivity index (χ4n) is 3.73. The van der Waals surface area contributed by atoms with Crippen molar-refractivity contribution in [1.29, 1.82) is 0 Å². The highest BCUT2D eigenvalue weighted by molar-refractivity contribution is 7.13. The average molecular weight is 370 g/mol. The maximum atomic E-state index is 12.9. The molecule has 6 nitrogen and oxygen atoms in total. The summed E-state index contributed by atoms with van der Waals surface area (Å²) < 4.78 is 0. The van der Waals surface area contributed by atoms with Crippen LogP contribution in [-0.2, 0) is 17.8 Å². The molecule has 7 heteroatoms. The SMILES string of the molecule is CC(=O)N1CCc2nc([C@@H]3CCCN3C(=O)c3ccc(C)s3)ncc2C1. The Bertz CT molecular complexity index is 863. The van der Waals surface area contributed by atoms with Crippen molar-refractivity contribution >= 4 is 23.2 Å². The molecule has 2 aliphatic heterocycles. The largest absolute Gasteiger partial charge is 0.338 e. The van der Waals surface area contributed by atoms with E-state index in [2.05, 4.69) is 4.98 Å². The van der Waals surface area contributed by atoms with Gasteiger partial charge in [0.05, 0.1) is 16.6 Å². The Balaban J connectivity index is 1.57. The molecule has 0 saturated carbocycles. The molecule has 4 rings (SSSR count). The maximum Gasteiger partial charge on any atom is 0.264 e. The lowest BCUT2D eigenvalue weighted by Crippen LogP contribution is -2.35. The number of thiophene rings is 1. The molecule has 26 heavy (non-hydrogen) atoms. The van der Waals surface area contributed by atoms with Gasteiger partial charge in [-0.25, -0.2) is 9.97 Å². The Hall–Kier alpha value is -2.28. The Morgan fingerprint density at radius 2 is 2.12 bits per heavy atom. The number of carbonyl (C=O) groups excluding carboxylic acids is 2. The molecule has 1 fully saturated rings. The third kappa shape index (κ3) is 3.11. The smallest absolute Gasteiger partial charge is 0.264 e. The molecule has 136 valence electrons. The van der Waals surface area contributed by atoms with Gasteiger partial charge < -0.3 is 9.80 Å². The number of aryl methyl sites for hydroxylation is 1. The molecule has 2 aromatic heterocycles. The summed E-state index contributed by atoms with van der Waals surface area (Å²) in [5, 5.41) is 0. The van der Waals surface area contributed by atoms with E-state index in [0.29, 0.717) is 13.1 Å². The van der Waals surface area contributed by atoms with Crippen LogP contribution in [0.1, 0.15) is 57.4 Å². The van der Waals surface area contributed by atoms with E-state index in [9.17, 15) is 9.59 Å². The van der Waals surface area contributed by atoms with Crippen molar-refractivity contribution in [3.05, 3.63) is 45.2 Å². The van der Waals surface area contributed by atoms with Crippen LogP contribution in [0.15, 0.2) is 18.3 Å². The summed E-state index contributed by atoms with van der Waals surface area (Å²) in [6.45, 7) is 5.63. The second-order valence-electron chi connectivity index (χ2n) is 6.96. The van der Waals surface area contributed by atoms with Gasteiger partial charge in [-0.2, -0.15) is 0 Å². The summed E-state index contributed by atoms with van der Waals surface area (Å²) in [4.78, 5) is 39.5. The molecule has 0 aromatic carbocycles. The number of hydrogen-bond donors (Lipinski definition) is 0. The summed E-state index contributed by atoms with van der Waals surface area (Å²) in [5.41, 5.74) is 2.03. The number of rotatable bonds is 2. The van der Waals surface area contributed by atoms with Crippen molar-refractivity contribution in [1.82, 2.24) is 19.8 Å². The van der Waals surface area contributed by atoms with Crippen LogP contribution < -0.4 is 0 Å². The van der Waals surface area contributed by atoms with Crippen molar-refractivity contribution in [2.45, 2.75) is 45.7 Å². The molecule has 2 aromatic rings. The minimum Gasteiger partial charge on any atom is -0.338 e. The Kier molecular flexibility index (Phi) is 4.48. The first-order chi connectivity index (χ1) is 12.5. The lowest BCUT2D eigenvalue weighted by atomic mass is 10.1. The molecule has 0 bridgehead atoms. The topological polar surface area (TPSA) is 66.4 Å². The van der Waals surface area contributed by atoms with Crippen LogP contribution in [0.4, 0.5) is 0 Å². The molecule has 0 spiro atoms. The Labute approximate surface area is 156 Å². The molecule has 0 radical (unpaired) electrons. The van der Waals surface area contributed by atoms with E-state index in [0.717, 1.165) is 52.6 Å². The van der Waals surface area contributed by atoms with E-state index >= 15 is 0 Å². The number of carbonyl (C=O) groups is 2. The van der Waals surface area contributed by atoms with Gasteiger partial charge in [0.15, 0.2) is 5.82 Å². The average Bonchev–Trinajstić information content (AvgIpc) is 3.29. The predicted molar refractivity (Wildman–Crippen MR) is 98.9 cm³/mol. The third-order valence-corrected chi connectivity index (χ3v) is 6.15. The summed E-state index contributed by atoms with van der Waals surface area (Å²) in [6, 6.07) is 3.84. The highest BCUT2D eigenvalue weighted by atomic mass is 32.1. The number of aromatic nitrogens is 2. The van der Waals surface area contributed by atoms with Crippen LogP contribution in [0.3, 0.4) is 0 Å². The minimum absolute atomic E-state index is 0.0546. The predicted octanol–water partition coefficient (Wildman–Crippen LogP) is 2.73. The summed E-state index contributed by atoms with van der Waals surface area (Å²) in [6.07, 6.45) is 4.45. The molecule has 2 amide bonds. The quantitative estimate of drug-likeness (QED) is 0.815. The molecule has 1 atom stereocenters. The van der Waals surface area contributed by atoms with Gasteiger partial charge in [-0.15, -0.1) is 11.3 Å². The molecule has 1 saturated heterocycles. The van der Waals surface area contributed by atoms with Gasteiger partial charge in [0.25, 0.3) is 5.91 Å². The van der Waals surface area contributed by atoms with E-state index in [1.807, 2.05) is 35.1 Å². The maximum absolute atomic E-state index is 12.9. The second kappa shape index (κ2) is 6.79. The highest BCUT2D eigenvalue weighted by Crippen LogP contribution is 2.33. The van der Waals surface area contributed by atoms with Crippen LogP contribution in [0.25, 0.3) is 0 Å². The summed E-state index contributed by atoms with van der Waals surface area (Å²) in [5.74, 6) is 0.896. The number of fused-ring (bicyclic) bond motifs is 1. The number of nitrogens with zero attached hydrogens (tertiary/aromatic N) is 4. The fourth-order valence-corrected chi connectivity index (χ4v) is 4.55. The standard InChI is InChI=1S/C19H22N4O2S/c1-12-5-6-17(26-12)19(25)23-8-3-4-16(23)18-20-10-14-11-22(13(2)24)9-7-15(14)21-18/h5-6,10,16H,3-4,7-9,11H2,1-2H3/t16-/m0/s1. The van der Waals surface area contributed by atoms with Gasteiger partial charge in [0.1, 0.15) is 0 Å². The zero-order valence-corrected chi connectivity index (χ0v) is 15.9. The normalized spacial score (nSPS) is 19.5. The van der Waals surface area contributed by atoms with Crippen molar-refractivity contribution in [3.63, 3.8) is 0 Å². The van der Waals surface area contributed by atoms with Crippen molar-refractivity contribution in [2.75, 3.05) is 13.1 Å². The molecule has 2 aliphatic rings. The summed E-state index contributed by atoms with van der Waals surface area (Å²) >= 11 is 1.54. The van der Waals surface area contributed by atoms with Crippen molar-refractivity contribution < 1.29 is 9.59 Å². The van der Waals surface area contributed by atoms with Crippen molar-refractivity contribution in [2.24, 2.45) is 0 Å². The van der Waals surface area contributed by atoms with Gasteiger partial charge in [-0.05, 0) is 31.9 Å². The van der Waals surface area contributed by atoms with Gasteiger partial charge >= 0.3 is 0 Å².